The van der Waals surface area contributed by atoms with Gasteiger partial charge in [-0.25, -0.2) is 9.67 Å². The zero-order valence-corrected chi connectivity index (χ0v) is 15.8. The number of aromatic nitrogens is 3. The normalized spacial score (nSPS) is 17.4. The third-order valence-corrected chi connectivity index (χ3v) is 4.01. The fourth-order valence-corrected chi connectivity index (χ4v) is 2.75. The second kappa shape index (κ2) is 11.0. The molecular formula is C17H32N6O2. The molecule has 0 spiro atoms. The molecular weight excluding hydrogens is 320 g/mol. The number of rotatable bonds is 10. The topological polar surface area (TPSA) is 85.6 Å². The van der Waals surface area contributed by atoms with E-state index in [1.54, 1.807) is 7.11 Å². The number of aryl methyl sites for hydroxylation is 1. The minimum atomic E-state index is 0.295. The van der Waals surface area contributed by atoms with E-state index in [9.17, 15) is 0 Å². The maximum Gasteiger partial charge on any atom is 0.191 e. The molecule has 8 nitrogen and oxygen atoms in total. The number of ether oxygens (including phenoxy) is 2. The SMILES string of the molecule is CCCCOCCN=C(NCC)NC1CCc2nc(COC)nn2C1. The van der Waals surface area contributed by atoms with Crippen molar-refractivity contribution in [2.75, 3.05) is 33.4 Å². The smallest absolute Gasteiger partial charge is 0.191 e. The van der Waals surface area contributed by atoms with Gasteiger partial charge in [0, 0.05) is 32.7 Å². The van der Waals surface area contributed by atoms with Crippen molar-refractivity contribution in [3.8, 4) is 0 Å². The summed E-state index contributed by atoms with van der Waals surface area (Å²) < 4.78 is 12.7. The summed E-state index contributed by atoms with van der Waals surface area (Å²) in [5, 5.41) is 11.3. The first kappa shape index (κ1) is 19.7. The lowest BCUT2D eigenvalue weighted by Crippen LogP contribution is -2.47. The molecule has 0 amide bonds. The molecule has 2 N–H and O–H groups in total. The number of nitrogens with one attached hydrogen (secondary N) is 2. The van der Waals surface area contributed by atoms with Crippen LogP contribution in [0.3, 0.4) is 0 Å². The quantitative estimate of drug-likeness (QED) is 0.373. The van der Waals surface area contributed by atoms with Crippen molar-refractivity contribution in [1.82, 2.24) is 25.4 Å². The van der Waals surface area contributed by atoms with E-state index in [1.165, 1.54) is 0 Å². The van der Waals surface area contributed by atoms with Gasteiger partial charge in [-0.15, -0.1) is 0 Å². The molecule has 0 aliphatic carbocycles. The molecule has 2 rings (SSSR count). The van der Waals surface area contributed by atoms with Gasteiger partial charge in [-0.05, 0) is 19.8 Å². The Hall–Kier alpha value is -1.67. The van der Waals surface area contributed by atoms with Crippen LogP contribution in [0, 0.1) is 0 Å². The van der Waals surface area contributed by atoms with Crippen molar-refractivity contribution < 1.29 is 9.47 Å². The molecule has 1 atom stereocenters. The van der Waals surface area contributed by atoms with Crippen LogP contribution in [0.25, 0.3) is 0 Å². The van der Waals surface area contributed by atoms with E-state index in [0.717, 1.165) is 63.0 Å². The molecule has 1 aromatic heterocycles. The fourth-order valence-electron chi connectivity index (χ4n) is 2.75. The van der Waals surface area contributed by atoms with Crippen LogP contribution in [-0.4, -0.2) is 60.2 Å². The lowest BCUT2D eigenvalue weighted by Gasteiger charge is -2.25. The highest BCUT2D eigenvalue weighted by molar-refractivity contribution is 5.80. The summed E-state index contributed by atoms with van der Waals surface area (Å²) >= 11 is 0. The molecule has 0 bridgehead atoms. The Labute approximate surface area is 150 Å². The van der Waals surface area contributed by atoms with Gasteiger partial charge in [0.2, 0.25) is 0 Å². The molecule has 0 saturated carbocycles. The van der Waals surface area contributed by atoms with Crippen LogP contribution in [0.1, 0.15) is 44.8 Å². The van der Waals surface area contributed by atoms with Gasteiger partial charge in [0.05, 0.1) is 19.7 Å². The number of fused-ring (bicyclic) bond motifs is 1. The van der Waals surface area contributed by atoms with Gasteiger partial charge in [-0.2, -0.15) is 5.10 Å². The van der Waals surface area contributed by atoms with Crippen molar-refractivity contribution in [3.63, 3.8) is 0 Å². The van der Waals surface area contributed by atoms with E-state index in [-0.39, 0.29) is 0 Å². The Morgan fingerprint density at radius 3 is 3.00 bits per heavy atom. The number of guanidine groups is 1. The molecule has 1 aromatic rings. The van der Waals surface area contributed by atoms with Crippen LogP contribution in [0.2, 0.25) is 0 Å². The van der Waals surface area contributed by atoms with Gasteiger partial charge < -0.3 is 20.1 Å². The van der Waals surface area contributed by atoms with Crippen LogP contribution < -0.4 is 10.6 Å². The minimum Gasteiger partial charge on any atom is -0.380 e. The summed E-state index contributed by atoms with van der Waals surface area (Å²) in [5.74, 6) is 2.63. The molecule has 1 unspecified atom stereocenters. The maximum absolute atomic E-state index is 5.57. The Balaban J connectivity index is 1.82. The van der Waals surface area contributed by atoms with Gasteiger partial charge in [-0.1, -0.05) is 13.3 Å². The molecule has 8 heteroatoms. The van der Waals surface area contributed by atoms with Crippen LogP contribution in [0.4, 0.5) is 0 Å². The molecule has 25 heavy (non-hydrogen) atoms. The summed E-state index contributed by atoms with van der Waals surface area (Å²) in [6, 6.07) is 0.295. The second-order valence-electron chi connectivity index (χ2n) is 6.17. The number of hydrogen-bond donors (Lipinski definition) is 2. The largest absolute Gasteiger partial charge is 0.380 e. The highest BCUT2D eigenvalue weighted by atomic mass is 16.5. The number of hydrogen-bond acceptors (Lipinski definition) is 5. The van der Waals surface area contributed by atoms with Crippen LogP contribution in [0.5, 0.6) is 0 Å². The van der Waals surface area contributed by atoms with Gasteiger partial charge in [0.25, 0.3) is 0 Å². The van der Waals surface area contributed by atoms with Gasteiger partial charge >= 0.3 is 0 Å². The standard InChI is InChI=1S/C17H32N6O2/c1-4-6-10-25-11-9-19-17(18-5-2)20-14-7-8-16-21-15(13-24-3)22-23(16)12-14/h14H,4-13H2,1-3H3,(H2,18,19,20). The first-order chi connectivity index (χ1) is 12.3. The third kappa shape index (κ3) is 6.62. The zero-order valence-electron chi connectivity index (χ0n) is 15.8. The zero-order chi connectivity index (χ0) is 17.9. The van der Waals surface area contributed by atoms with Crippen molar-refractivity contribution in [2.45, 2.75) is 58.7 Å². The molecule has 1 aliphatic heterocycles. The van der Waals surface area contributed by atoms with E-state index in [4.69, 9.17) is 9.47 Å². The van der Waals surface area contributed by atoms with E-state index in [2.05, 4.69) is 39.6 Å². The van der Waals surface area contributed by atoms with Crippen molar-refractivity contribution in [2.24, 2.45) is 4.99 Å². The molecule has 2 heterocycles. The first-order valence-electron chi connectivity index (χ1n) is 9.30. The maximum atomic E-state index is 5.57. The summed E-state index contributed by atoms with van der Waals surface area (Å²) in [6.45, 7) is 8.47. The number of nitrogens with zero attached hydrogens (tertiary/aromatic N) is 4. The Morgan fingerprint density at radius 1 is 1.36 bits per heavy atom. The molecule has 0 radical (unpaired) electrons. The summed E-state index contributed by atoms with van der Waals surface area (Å²) in [4.78, 5) is 9.11. The molecule has 0 fully saturated rings. The predicted molar refractivity (Wildman–Crippen MR) is 97.7 cm³/mol. The summed E-state index contributed by atoms with van der Waals surface area (Å²) in [7, 11) is 1.66. The summed E-state index contributed by atoms with van der Waals surface area (Å²) in [5.41, 5.74) is 0. The van der Waals surface area contributed by atoms with Crippen LogP contribution in [-0.2, 0) is 29.0 Å². The van der Waals surface area contributed by atoms with E-state index in [0.29, 0.717) is 25.8 Å². The minimum absolute atomic E-state index is 0.295. The fraction of sp³-hybridized carbons (Fsp3) is 0.824. The van der Waals surface area contributed by atoms with E-state index in [1.807, 2.05) is 4.68 Å². The lowest BCUT2D eigenvalue weighted by atomic mass is 10.1. The highest BCUT2D eigenvalue weighted by Crippen LogP contribution is 2.13. The molecule has 1 aliphatic rings. The average Bonchev–Trinajstić information content (AvgIpc) is 3.00. The van der Waals surface area contributed by atoms with Crippen LogP contribution in [0.15, 0.2) is 4.99 Å². The van der Waals surface area contributed by atoms with E-state index < -0.39 is 0 Å². The van der Waals surface area contributed by atoms with E-state index >= 15 is 0 Å². The average molecular weight is 352 g/mol. The van der Waals surface area contributed by atoms with Crippen LogP contribution >= 0.6 is 0 Å². The van der Waals surface area contributed by atoms with Crippen molar-refractivity contribution >= 4 is 5.96 Å². The van der Waals surface area contributed by atoms with Gasteiger partial charge in [0.15, 0.2) is 11.8 Å². The second-order valence-corrected chi connectivity index (χ2v) is 6.17. The molecule has 0 aromatic carbocycles. The van der Waals surface area contributed by atoms with Crippen molar-refractivity contribution in [3.05, 3.63) is 11.6 Å². The number of aliphatic imine (C=N–C) groups is 1. The Bertz CT molecular complexity index is 531. The molecule has 142 valence electrons. The Kier molecular flexibility index (Phi) is 8.68. The summed E-state index contributed by atoms with van der Waals surface area (Å²) in [6.07, 6.45) is 4.19. The predicted octanol–water partition coefficient (Wildman–Crippen LogP) is 1.11. The van der Waals surface area contributed by atoms with Gasteiger partial charge in [0.1, 0.15) is 12.4 Å². The highest BCUT2D eigenvalue weighted by Gasteiger charge is 2.22. The monoisotopic (exact) mass is 352 g/mol. The third-order valence-electron chi connectivity index (χ3n) is 4.01. The first-order valence-corrected chi connectivity index (χ1v) is 9.30. The lowest BCUT2D eigenvalue weighted by molar-refractivity contribution is 0.138. The number of methoxy groups -OCH3 is 1. The van der Waals surface area contributed by atoms with Crippen molar-refractivity contribution in [1.29, 1.82) is 0 Å². The number of unbranched alkanes of at least 4 members (excludes halogenated alkanes) is 1. The van der Waals surface area contributed by atoms with Gasteiger partial charge in [-0.3, -0.25) is 4.99 Å². The molecule has 0 saturated heterocycles. The Morgan fingerprint density at radius 2 is 2.24 bits per heavy atom.